The van der Waals surface area contributed by atoms with Crippen LogP contribution in [0, 0.1) is 0 Å². The van der Waals surface area contributed by atoms with E-state index in [0.717, 1.165) is 0 Å². The fourth-order valence-corrected chi connectivity index (χ4v) is 1.91. The third-order valence-electron chi connectivity index (χ3n) is 1.67. The van der Waals surface area contributed by atoms with E-state index in [2.05, 4.69) is 25.1 Å². The van der Waals surface area contributed by atoms with Gasteiger partial charge >= 0.3 is 0 Å². The van der Waals surface area contributed by atoms with Crippen molar-refractivity contribution >= 4 is 21.5 Å². The summed E-state index contributed by atoms with van der Waals surface area (Å²) in [5.74, 6) is 0.129. The minimum Gasteiger partial charge on any atom is -0.394 e. The predicted octanol–water partition coefficient (Wildman–Crippen LogP) is -0.484. The Labute approximate surface area is 84.9 Å². The molecule has 0 saturated heterocycles. The summed E-state index contributed by atoms with van der Waals surface area (Å²) in [5, 5.41) is 11.8. The molecule has 0 bridgehead atoms. The first-order valence-electron chi connectivity index (χ1n) is 3.90. The number of nitrogens with two attached hydrogens (primary N) is 1. The molecule has 0 aliphatic heterocycles. The molecule has 2 aromatic heterocycles. The number of sulfonamides is 1. The van der Waals surface area contributed by atoms with Gasteiger partial charge in [-0.15, -0.1) is 0 Å². The van der Waals surface area contributed by atoms with Crippen molar-refractivity contribution in [1.82, 2.24) is 20.4 Å². The highest BCUT2D eigenvalue weighted by Gasteiger charge is 2.17. The molecule has 5 N–H and O–H groups in total. The van der Waals surface area contributed by atoms with Crippen LogP contribution in [0.1, 0.15) is 0 Å². The summed E-state index contributed by atoms with van der Waals surface area (Å²) in [6, 6.07) is 1.33. The number of nitrogens with one attached hydrogen (secondary N) is 3. The van der Waals surface area contributed by atoms with Gasteiger partial charge in [0.2, 0.25) is 0 Å². The summed E-state index contributed by atoms with van der Waals surface area (Å²) in [6.07, 6.45) is 2.65. The number of rotatable bonds is 3. The summed E-state index contributed by atoms with van der Waals surface area (Å²) in [6.45, 7) is 0. The average molecular weight is 228 g/mol. The summed E-state index contributed by atoms with van der Waals surface area (Å²) < 4.78 is 25.5. The maximum Gasteiger partial charge on any atom is 0.280 e. The number of nitrogen functional groups attached to an aromatic ring is 1. The molecule has 80 valence electrons. The maximum atomic E-state index is 11.6. The van der Waals surface area contributed by atoms with Gasteiger partial charge in [-0.1, -0.05) is 0 Å². The fourth-order valence-electron chi connectivity index (χ4n) is 0.959. The van der Waals surface area contributed by atoms with E-state index in [1.54, 1.807) is 0 Å². The van der Waals surface area contributed by atoms with Crippen molar-refractivity contribution in [3.8, 4) is 0 Å². The van der Waals surface area contributed by atoms with Crippen LogP contribution in [0.3, 0.4) is 0 Å². The van der Waals surface area contributed by atoms with E-state index in [9.17, 15) is 8.42 Å². The van der Waals surface area contributed by atoms with Crippen molar-refractivity contribution in [1.29, 1.82) is 0 Å². The van der Waals surface area contributed by atoms with Crippen molar-refractivity contribution < 1.29 is 8.42 Å². The second-order valence-electron chi connectivity index (χ2n) is 2.73. The quantitative estimate of drug-likeness (QED) is 0.563. The number of aromatic nitrogens is 4. The minimum atomic E-state index is -3.68. The van der Waals surface area contributed by atoms with Crippen LogP contribution in [0.25, 0.3) is 0 Å². The number of hydrogen-bond donors (Lipinski definition) is 4. The van der Waals surface area contributed by atoms with Crippen LogP contribution in [0.5, 0.6) is 0 Å². The third kappa shape index (κ3) is 1.76. The van der Waals surface area contributed by atoms with E-state index in [0.29, 0.717) is 0 Å². The van der Waals surface area contributed by atoms with Crippen LogP contribution < -0.4 is 10.5 Å². The Morgan fingerprint density at radius 3 is 2.67 bits per heavy atom. The van der Waals surface area contributed by atoms with E-state index in [1.807, 2.05) is 0 Å². The average Bonchev–Trinajstić information content (AvgIpc) is 2.77. The van der Waals surface area contributed by atoms with Crippen molar-refractivity contribution in [2.45, 2.75) is 5.03 Å². The lowest BCUT2D eigenvalue weighted by atomic mass is 10.6. The van der Waals surface area contributed by atoms with Gasteiger partial charge in [0.25, 0.3) is 10.0 Å². The predicted molar refractivity (Wildman–Crippen MR) is 52.4 cm³/mol. The van der Waals surface area contributed by atoms with Gasteiger partial charge in [-0.25, -0.2) is 0 Å². The molecular weight excluding hydrogens is 220 g/mol. The van der Waals surface area contributed by atoms with Crippen LogP contribution in [0.2, 0.25) is 0 Å². The molecule has 0 saturated carbocycles. The maximum absolute atomic E-state index is 11.6. The molecule has 0 fully saturated rings. The molecule has 0 aliphatic carbocycles. The minimum absolute atomic E-state index is 0.0449. The molecule has 9 heteroatoms. The fraction of sp³-hybridized carbons (Fsp3) is 0. The second kappa shape index (κ2) is 3.28. The van der Waals surface area contributed by atoms with Gasteiger partial charge < -0.3 is 5.73 Å². The van der Waals surface area contributed by atoms with Crippen molar-refractivity contribution in [3.63, 3.8) is 0 Å². The van der Waals surface area contributed by atoms with E-state index >= 15 is 0 Å². The summed E-state index contributed by atoms with van der Waals surface area (Å²) in [4.78, 5) is 0. The first-order valence-corrected chi connectivity index (χ1v) is 5.39. The Kier molecular flexibility index (Phi) is 2.08. The molecular formula is C6H8N6O2S. The standard InChI is InChI=1S/C6H8N6O2S/c7-4-3-9-11-6(4)12-15(13,14)5-1-2-8-10-5/h1-3H,7H2,(H,8,10)(H2,9,11,12). The van der Waals surface area contributed by atoms with Gasteiger partial charge in [0, 0.05) is 0 Å². The number of anilines is 2. The molecule has 2 aromatic rings. The Balaban J connectivity index is 2.31. The highest BCUT2D eigenvalue weighted by Crippen LogP contribution is 2.16. The summed E-state index contributed by atoms with van der Waals surface area (Å²) in [5.41, 5.74) is 5.68. The third-order valence-corrected chi connectivity index (χ3v) is 2.95. The molecule has 0 amide bonds. The lowest BCUT2D eigenvalue weighted by Gasteiger charge is -2.03. The normalized spacial score (nSPS) is 11.5. The second-order valence-corrected chi connectivity index (χ2v) is 4.38. The van der Waals surface area contributed by atoms with Crippen molar-refractivity contribution in [3.05, 3.63) is 18.5 Å². The molecule has 0 aliphatic rings. The van der Waals surface area contributed by atoms with Crippen LogP contribution in [0.15, 0.2) is 23.5 Å². The van der Waals surface area contributed by atoms with Gasteiger partial charge in [-0.05, 0) is 6.07 Å². The molecule has 0 radical (unpaired) electrons. The lowest BCUT2D eigenvalue weighted by Crippen LogP contribution is -2.14. The van der Waals surface area contributed by atoms with Crippen LogP contribution in [0.4, 0.5) is 11.5 Å². The molecule has 2 rings (SSSR count). The molecule has 15 heavy (non-hydrogen) atoms. The van der Waals surface area contributed by atoms with E-state index in [4.69, 9.17) is 5.73 Å². The number of hydrogen-bond acceptors (Lipinski definition) is 5. The van der Waals surface area contributed by atoms with Gasteiger partial charge in [0.1, 0.15) is 0 Å². The largest absolute Gasteiger partial charge is 0.394 e. The lowest BCUT2D eigenvalue weighted by molar-refractivity contribution is 0.597. The smallest absolute Gasteiger partial charge is 0.280 e. The first-order chi connectivity index (χ1) is 7.09. The van der Waals surface area contributed by atoms with Crippen molar-refractivity contribution in [2.75, 3.05) is 10.5 Å². The Morgan fingerprint density at radius 1 is 1.33 bits per heavy atom. The molecule has 2 heterocycles. The zero-order valence-corrected chi connectivity index (χ0v) is 8.25. The molecule has 0 spiro atoms. The van der Waals surface area contributed by atoms with Crippen molar-refractivity contribution in [2.24, 2.45) is 0 Å². The van der Waals surface area contributed by atoms with Gasteiger partial charge in [0.15, 0.2) is 10.8 Å². The van der Waals surface area contributed by atoms with Gasteiger partial charge in [-0.3, -0.25) is 14.9 Å². The summed E-state index contributed by atoms with van der Waals surface area (Å²) >= 11 is 0. The van der Waals surface area contributed by atoms with Crippen LogP contribution in [-0.2, 0) is 10.0 Å². The Bertz CT molecular complexity index is 542. The number of aromatic amines is 2. The number of H-pyrrole nitrogens is 2. The highest BCUT2D eigenvalue weighted by atomic mass is 32.2. The zero-order chi connectivity index (χ0) is 10.9. The van der Waals surface area contributed by atoms with Gasteiger partial charge in [-0.2, -0.15) is 18.6 Å². The first kappa shape index (κ1) is 9.52. The number of nitrogens with zero attached hydrogens (tertiary/aromatic N) is 2. The molecule has 0 unspecified atom stereocenters. The SMILES string of the molecule is Nc1cn[nH]c1NS(=O)(=O)c1ccn[nH]1. The molecule has 0 aromatic carbocycles. The van der Waals surface area contributed by atoms with E-state index in [1.165, 1.54) is 18.5 Å². The molecule has 0 atom stereocenters. The Hall–Kier alpha value is -2.03. The summed E-state index contributed by atoms with van der Waals surface area (Å²) in [7, 11) is -3.68. The van der Waals surface area contributed by atoms with Crippen LogP contribution in [-0.4, -0.2) is 28.8 Å². The van der Waals surface area contributed by atoms with Gasteiger partial charge in [0.05, 0.1) is 18.1 Å². The van der Waals surface area contributed by atoms with E-state index in [-0.39, 0.29) is 16.5 Å². The Morgan fingerprint density at radius 2 is 2.13 bits per heavy atom. The van der Waals surface area contributed by atoms with E-state index < -0.39 is 10.0 Å². The van der Waals surface area contributed by atoms with Crippen LogP contribution >= 0.6 is 0 Å². The topological polar surface area (TPSA) is 130 Å². The molecule has 8 nitrogen and oxygen atoms in total. The monoisotopic (exact) mass is 228 g/mol. The highest BCUT2D eigenvalue weighted by molar-refractivity contribution is 7.92. The zero-order valence-electron chi connectivity index (χ0n) is 7.43.